The molecular weight excluding hydrogens is 330 g/mol. The number of carbonyl (C=O) groups excluding carboxylic acids is 1. The second-order valence-corrected chi connectivity index (χ2v) is 6.37. The molecule has 2 atom stereocenters. The Hall–Kier alpha value is -2.99. The van der Waals surface area contributed by atoms with Gasteiger partial charge in [-0.05, 0) is 42.5 Å². The smallest absolute Gasteiger partial charge is 0.262 e. The number of carbonyl (C=O) groups is 1. The Morgan fingerprint density at radius 1 is 1.31 bits per heavy atom. The van der Waals surface area contributed by atoms with Crippen LogP contribution in [0.4, 0.5) is 0 Å². The summed E-state index contributed by atoms with van der Waals surface area (Å²) >= 11 is 0. The van der Waals surface area contributed by atoms with Gasteiger partial charge in [0.15, 0.2) is 18.1 Å². The molecule has 1 aliphatic rings. The van der Waals surface area contributed by atoms with E-state index < -0.39 is 0 Å². The molecule has 0 bridgehead atoms. The molecule has 26 heavy (non-hydrogen) atoms. The minimum atomic E-state index is -0.352. The molecule has 0 heterocycles. The van der Waals surface area contributed by atoms with Crippen LogP contribution in [0.2, 0.25) is 0 Å². The van der Waals surface area contributed by atoms with E-state index in [-0.39, 0.29) is 24.1 Å². The van der Waals surface area contributed by atoms with E-state index in [4.69, 9.17) is 14.7 Å². The largest absolute Gasteiger partial charge is 0.493 e. The van der Waals surface area contributed by atoms with Crippen LogP contribution >= 0.6 is 0 Å². The van der Waals surface area contributed by atoms with Gasteiger partial charge in [-0.3, -0.25) is 4.79 Å². The Labute approximate surface area is 154 Å². The molecule has 1 aromatic rings. The van der Waals surface area contributed by atoms with E-state index >= 15 is 0 Å². The number of hydrogen-bond donors (Lipinski definition) is 1. The average molecular weight is 353 g/mol. The number of amides is 1. The van der Waals surface area contributed by atoms with Crippen molar-refractivity contribution in [3.63, 3.8) is 0 Å². The monoisotopic (exact) mass is 353 g/mol. The van der Waals surface area contributed by atoms with Crippen LogP contribution in [0.1, 0.15) is 38.2 Å². The summed E-state index contributed by atoms with van der Waals surface area (Å²) in [6.07, 6.45) is 5.86. The Kier molecular flexibility index (Phi) is 7.05. The summed E-state index contributed by atoms with van der Waals surface area (Å²) in [5, 5.41) is 21.0. The van der Waals surface area contributed by atoms with Gasteiger partial charge in [0.25, 0.3) is 5.91 Å². The number of hydrogen-bond acceptors (Lipinski definition) is 5. The van der Waals surface area contributed by atoms with Crippen LogP contribution in [-0.2, 0) is 4.79 Å². The summed E-state index contributed by atoms with van der Waals surface area (Å²) in [5.41, 5.74) is 0.699. The van der Waals surface area contributed by atoms with Crippen LogP contribution in [0.3, 0.4) is 0 Å². The number of rotatable bonds is 6. The van der Waals surface area contributed by atoms with Crippen molar-refractivity contribution in [2.45, 2.75) is 38.6 Å². The van der Waals surface area contributed by atoms with Gasteiger partial charge >= 0.3 is 0 Å². The van der Waals surface area contributed by atoms with Crippen molar-refractivity contribution < 1.29 is 14.3 Å². The molecule has 6 heteroatoms. The lowest BCUT2D eigenvalue weighted by atomic mass is 9.86. The predicted octanol–water partition coefficient (Wildman–Crippen LogP) is 3.20. The van der Waals surface area contributed by atoms with E-state index in [2.05, 4.69) is 12.2 Å². The van der Waals surface area contributed by atoms with Gasteiger partial charge in [0, 0.05) is 6.04 Å². The summed E-state index contributed by atoms with van der Waals surface area (Å²) in [7, 11) is 1.49. The summed E-state index contributed by atoms with van der Waals surface area (Å²) in [6, 6.07) is 9.01. The van der Waals surface area contributed by atoms with Gasteiger partial charge in [0.1, 0.15) is 17.7 Å². The van der Waals surface area contributed by atoms with Gasteiger partial charge in [0.05, 0.1) is 7.11 Å². The zero-order chi connectivity index (χ0) is 18.9. The second kappa shape index (κ2) is 9.48. The highest BCUT2D eigenvalue weighted by atomic mass is 16.5. The van der Waals surface area contributed by atoms with Crippen molar-refractivity contribution in [2.75, 3.05) is 13.7 Å². The molecule has 0 saturated heterocycles. The lowest BCUT2D eigenvalue weighted by molar-refractivity contribution is -0.118. The minimum Gasteiger partial charge on any atom is -0.493 e. The quantitative estimate of drug-likeness (QED) is 0.626. The maximum atomic E-state index is 12.5. The maximum Gasteiger partial charge on any atom is 0.262 e. The first-order valence-corrected chi connectivity index (χ1v) is 8.69. The second-order valence-electron chi connectivity index (χ2n) is 6.37. The Morgan fingerprint density at radius 2 is 2.08 bits per heavy atom. The van der Waals surface area contributed by atoms with Crippen LogP contribution < -0.4 is 14.8 Å². The third-order valence-electron chi connectivity index (χ3n) is 4.58. The Morgan fingerprint density at radius 3 is 2.73 bits per heavy atom. The number of ether oxygens (including phenoxy) is 2. The fraction of sp³-hybridized carbons (Fsp3) is 0.450. The van der Waals surface area contributed by atoms with E-state index in [1.807, 2.05) is 12.1 Å². The SMILES string of the molecule is COc1cc(/C=C(\C#N)C(=O)N[C@H]2CCCC[C@H]2C)ccc1OCC#N. The van der Waals surface area contributed by atoms with Gasteiger partial charge in [-0.1, -0.05) is 25.8 Å². The molecule has 1 fully saturated rings. The molecule has 1 aromatic carbocycles. The lowest BCUT2D eigenvalue weighted by Crippen LogP contribution is -2.41. The third kappa shape index (κ3) is 5.00. The van der Waals surface area contributed by atoms with Crippen molar-refractivity contribution in [3.05, 3.63) is 29.3 Å². The molecule has 2 rings (SSSR count). The fourth-order valence-corrected chi connectivity index (χ4v) is 3.10. The van der Waals surface area contributed by atoms with E-state index in [9.17, 15) is 10.1 Å². The van der Waals surface area contributed by atoms with Crippen molar-refractivity contribution in [1.29, 1.82) is 10.5 Å². The van der Waals surface area contributed by atoms with Gasteiger partial charge in [-0.15, -0.1) is 0 Å². The highest BCUT2D eigenvalue weighted by Crippen LogP contribution is 2.29. The van der Waals surface area contributed by atoms with Crippen LogP contribution in [-0.4, -0.2) is 25.7 Å². The highest BCUT2D eigenvalue weighted by molar-refractivity contribution is 6.01. The van der Waals surface area contributed by atoms with Gasteiger partial charge in [0.2, 0.25) is 0 Å². The summed E-state index contributed by atoms with van der Waals surface area (Å²) in [6.45, 7) is 2.04. The number of nitriles is 2. The number of nitrogens with one attached hydrogen (secondary N) is 1. The molecule has 136 valence electrons. The maximum absolute atomic E-state index is 12.5. The summed E-state index contributed by atoms with van der Waals surface area (Å²) in [5.74, 6) is 0.942. The van der Waals surface area contributed by atoms with Crippen molar-refractivity contribution in [2.24, 2.45) is 5.92 Å². The molecule has 0 spiro atoms. The van der Waals surface area contributed by atoms with Gasteiger partial charge in [-0.2, -0.15) is 10.5 Å². The molecule has 0 aliphatic heterocycles. The number of nitrogens with zero attached hydrogens (tertiary/aromatic N) is 2. The fourth-order valence-electron chi connectivity index (χ4n) is 3.10. The standard InChI is InChI=1S/C20H23N3O3/c1-14-5-3-4-6-17(14)23-20(24)16(13-22)11-15-7-8-18(26-10-9-21)19(12-15)25-2/h7-8,11-12,14,17H,3-6,10H2,1-2H3,(H,23,24)/b16-11+/t14-,17+/m1/s1. The van der Waals surface area contributed by atoms with Crippen molar-refractivity contribution in [1.82, 2.24) is 5.32 Å². The van der Waals surface area contributed by atoms with E-state index in [1.54, 1.807) is 18.2 Å². The molecule has 1 N–H and O–H groups in total. The average Bonchev–Trinajstić information content (AvgIpc) is 2.66. The van der Waals surface area contributed by atoms with E-state index in [0.717, 1.165) is 19.3 Å². The summed E-state index contributed by atoms with van der Waals surface area (Å²) in [4.78, 5) is 12.5. The van der Waals surface area contributed by atoms with Crippen LogP contribution in [0, 0.1) is 28.6 Å². The molecule has 0 radical (unpaired) electrons. The molecule has 1 aliphatic carbocycles. The Bertz CT molecular complexity index is 759. The lowest BCUT2D eigenvalue weighted by Gasteiger charge is -2.29. The zero-order valence-electron chi connectivity index (χ0n) is 15.1. The molecule has 0 aromatic heterocycles. The minimum absolute atomic E-state index is 0.0514. The zero-order valence-corrected chi connectivity index (χ0v) is 15.1. The van der Waals surface area contributed by atoms with Gasteiger partial charge in [-0.25, -0.2) is 0 Å². The predicted molar refractivity (Wildman–Crippen MR) is 97.3 cm³/mol. The molecule has 6 nitrogen and oxygen atoms in total. The van der Waals surface area contributed by atoms with Gasteiger partial charge < -0.3 is 14.8 Å². The molecule has 0 unspecified atom stereocenters. The van der Waals surface area contributed by atoms with Crippen LogP contribution in [0.25, 0.3) is 6.08 Å². The van der Waals surface area contributed by atoms with Crippen molar-refractivity contribution >= 4 is 12.0 Å². The first kappa shape index (κ1) is 19.3. The molecule has 1 saturated carbocycles. The summed E-state index contributed by atoms with van der Waals surface area (Å²) < 4.78 is 10.5. The number of methoxy groups -OCH3 is 1. The topological polar surface area (TPSA) is 95.1 Å². The van der Waals surface area contributed by atoms with Crippen molar-refractivity contribution in [3.8, 4) is 23.6 Å². The van der Waals surface area contributed by atoms with Crippen LogP contribution in [0.15, 0.2) is 23.8 Å². The molecule has 1 amide bonds. The number of benzene rings is 1. The van der Waals surface area contributed by atoms with Crippen LogP contribution in [0.5, 0.6) is 11.5 Å². The van der Waals surface area contributed by atoms with E-state index in [0.29, 0.717) is 23.0 Å². The first-order valence-electron chi connectivity index (χ1n) is 8.69. The highest BCUT2D eigenvalue weighted by Gasteiger charge is 2.24. The van der Waals surface area contributed by atoms with E-state index in [1.165, 1.54) is 19.6 Å². The first-order chi connectivity index (χ1) is 12.6. The normalized spacial score (nSPS) is 19.8. The Balaban J connectivity index is 2.15. The molecular formula is C20H23N3O3. The third-order valence-corrected chi connectivity index (χ3v) is 4.58.